The van der Waals surface area contributed by atoms with Crippen molar-refractivity contribution < 1.29 is 0 Å². The number of hydrogen-bond acceptors (Lipinski definition) is 2. The molecule has 5 heteroatoms. The second-order valence-corrected chi connectivity index (χ2v) is 7.49. The van der Waals surface area contributed by atoms with Gasteiger partial charge >= 0.3 is 0 Å². The Morgan fingerprint density at radius 1 is 1.30 bits per heavy atom. The number of guanidine groups is 1. The molecule has 4 nitrogen and oxygen atoms in total. The monoisotopic (exact) mass is 380 g/mol. The Kier molecular flexibility index (Phi) is 7.21. The molecule has 0 saturated carbocycles. The second-order valence-electron chi connectivity index (χ2n) is 6.57. The van der Waals surface area contributed by atoms with Crippen molar-refractivity contribution >= 4 is 27.6 Å². The van der Waals surface area contributed by atoms with E-state index >= 15 is 0 Å². The molecule has 2 rings (SSSR count). The molecule has 0 aliphatic carbocycles. The highest BCUT2D eigenvalue weighted by Crippen LogP contribution is 2.24. The third kappa shape index (κ3) is 6.05. The van der Waals surface area contributed by atoms with Gasteiger partial charge in [-0.05, 0) is 49.4 Å². The molecule has 1 fully saturated rings. The number of benzene rings is 1. The molecule has 1 unspecified atom stereocenters. The molecule has 0 bridgehead atoms. The minimum Gasteiger partial charge on any atom is -0.371 e. The molecule has 1 aliphatic heterocycles. The Morgan fingerprint density at radius 2 is 2.04 bits per heavy atom. The Labute approximate surface area is 148 Å². The molecule has 1 saturated heterocycles. The molecular formula is C18H29BrN4. The van der Waals surface area contributed by atoms with Crippen LogP contribution in [0.25, 0.3) is 0 Å². The smallest absolute Gasteiger partial charge is 0.191 e. The average Bonchev–Trinajstić information content (AvgIpc) is 2.99. The molecule has 128 valence electrons. The molecule has 1 aromatic rings. The summed E-state index contributed by atoms with van der Waals surface area (Å²) in [6.45, 7) is 11.5. The highest BCUT2D eigenvalue weighted by molar-refractivity contribution is 9.10. The van der Waals surface area contributed by atoms with Gasteiger partial charge in [0.25, 0.3) is 0 Å². The van der Waals surface area contributed by atoms with Crippen LogP contribution in [0.2, 0.25) is 0 Å². The minimum atomic E-state index is 0.588. The SMILES string of the molecule is CCNC(=NCC(C)C)NCC1CCN(c2ccc(Br)cc2)C1. The maximum absolute atomic E-state index is 4.64. The fourth-order valence-electron chi connectivity index (χ4n) is 2.74. The number of nitrogens with zero attached hydrogens (tertiary/aromatic N) is 2. The summed E-state index contributed by atoms with van der Waals surface area (Å²) in [5.74, 6) is 2.20. The average molecular weight is 381 g/mol. The molecule has 1 heterocycles. The zero-order chi connectivity index (χ0) is 16.7. The molecule has 0 aromatic heterocycles. The lowest BCUT2D eigenvalue weighted by Crippen LogP contribution is -2.40. The van der Waals surface area contributed by atoms with E-state index in [1.54, 1.807) is 0 Å². The zero-order valence-corrected chi connectivity index (χ0v) is 16.1. The molecule has 0 amide bonds. The van der Waals surface area contributed by atoms with Gasteiger partial charge < -0.3 is 15.5 Å². The standard InChI is InChI=1S/C18H29BrN4/c1-4-20-18(21-11-14(2)3)22-12-15-9-10-23(13-15)17-7-5-16(19)6-8-17/h5-8,14-15H,4,9-13H2,1-3H3,(H2,20,21,22). The summed E-state index contributed by atoms with van der Waals surface area (Å²) < 4.78 is 1.13. The lowest BCUT2D eigenvalue weighted by molar-refractivity contribution is 0.563. The van der Waals surface area contributed by atoms with Crippen molar-refractivity contribution in [2.75, 3.05) is 37.6 Å². The third-order valence-electron chi connectivity index (χ3n) is 3.99. The van der Waals surface area contributed by atoms with Crippen LogP contribution in [0.1, 0.15) is 27.2 Å². The number of nitrogens with one attached hydrogen (secondary N) is 2. The number of aliphatic imine (C=N–C) groups is 1. The summed E-state index contributed by atoms with van der Waals surface area (Å²) >= 11 is 3.50. The summed E-state index contributed by atoms with van der Waals surface area (Å²) in [5, 5.41) is 6.83. The second kappa shape index (κ2) is 9.16. The summed E-state index contributed by atoms with van der Waals surface area (Å²) in [4.78, 5) is 7.11. The maximum Gasteiger partial charge on any atom is 0.191 e. The predicted octanol–water partition coefficient (Wildman–Crippen LogP) is 3.49. The van der Waals surface area contributed by atoms with Crippen molar-refractivity contribution in [1.82, 2.24) is 10.6 Å². The van der Waals surface area contributed by atoms with Crippen LogP contribution >= 0.6 is 15.9 Å². The zero-order valence-electron chi connectivity index (χ0n) is 14.5. The van der Waals surface area contributed by atoms with Gasteiger partial charge in [-0.2, -0.15) is 0 Å². The van der Waals surface area contributed by atoms with Crippen LogP contribution in [-0.4, -0.2) is 38.7 Å². The highest BCUT2D eigenvalue weighted by Gasteiger charge is 2.22. The number of anilines is 1. The first-order chi connectivity index (χ1) is 11.1. The Balaban J connectivity index is 1.82. The quantitative estimate of drug-likeness (QED) is 0.586. The van der Waals surface area contributed by atoms with E-state index in [0.29, 0.717) is 11.8 Å². The number of rotatable bonds is 6. The highest BCUT2D eigenvalue weighted by atomic mass is 79.9. The van der Waals surface area contributed by atoms with Crippen molar-refractivity contribution in [3.63, 3.8) is 0 Å². The van der Waals surface area contributed by atoms with Crippen LogP contribution in [0.5, 0.6) is 0 Å². The Hall–Kier alpha value is -1.23. The molecule has 1 atom stereocenters. The summed E-state index contributed by atoms with van der Waals surface area (Å²) in [6, 6.07) is 8.60. The fourth-order valence-corrected chi connectivity index (χ4v) is 3.01. The van der Waals surface area contributed by atoms with E-state index in [-0.39, 0.29) is 0 Å². The lowest BCUT2D eigenvalue weighted by Gasteiger charge is -2.19. The third-order valence-corrected chi connectivity index (χ3v) is 4.52. The van der Waals surface area contributed by atoms with Crippen LogP contribution in [-0.2, 0) is 0 Å². The van der Waals surface area contributed by atoms with Crippen molar-refractivity contribution in [2.24, 2.45) is 16.8 Å². The van der Waals surface area contributed by atoms with E-state index in [4.69, 9.17) is 0 Å². The van der Waals surface area contributed by atoms with E-state index in [0.717, 1.165) is 43.2 Å². The number of halogens is 1. The van der Waals surface area contributed by atoms with Gasteiger partial charge in [0, 0.05) is 42.9 Å². The number of hydrogen-bond donors (Lipinski definition) is 2. The maximum atomic E-state index is 4.64. The van der Waals surface area contributed by atoms with Crippen molar-refractivity contribution in [3.8, 4) is 0 Å². The molecular weight excluding hydrogens is 352 g/mol. The van der Waals surface area contributed by atoms with E-state index < -0.39 is 0 Å². The van der Waals surface area contributed by atoms with Crippen LogP contribution in [0.15, 0.2) is 33.7 Å². The van der Waals surface area contributed by atoms with Crippen LogP contribution in [0.4, 0.5) is 5.69 Å². The van der Waals surface area contributed by atoms with Gasteiger partial charge in [0.1, 0.15) is 0 Å². The van der Waals surface area contributed by atoms with Crippen molar-refractivity contribution in [3.05, 3.63) is 28.7 Å². The van der Waals surface area contributed by atoms with Crippen molar-refractivity contribution in [1.29, 1.82) is 0 Å². The largest absolute Gasteiger partial charge is 0.371 e. The van der Waals surface area contributed by atoms with Gasteiger partial charge in [-0.1, -0.05) is 29.8 Å². The summed E-state index contributed by atoms with van der Waals surface area (Å²) in [7, 11) is 0. The summed E-state index contributed by atoms with van der Waals surface area (Å²) in [6.07, 6.45) is 1.23. The Morgan fingerprint density at radius 3 is 2.70 bits per heavy atom. The van der Waals surface area contributed by atoms with Gasteiger partial charge in [0.05, 0.1) is 0 Å². The van der Waals surface area contributed by atoms with Crippen LogP contribution < -0.4 is 15.5 Å². The van der Waals surface area contributed by atoms with E-state index in [1.807, 2.05) is 0 Å². The molecule has 23 heavy (non-hydrogen) atoms. The van der Waals surface area contributed by atoms with Crippen molar-refractivity contribution in [2.45, 2.75) is 27.2 Å². The topological polar surface area (TPSA) is 39.7 Å². The fraction of sp³-hybridized carbons (Fsp3) is 0.611. The first-order valence-electron chi connectivity index (χ1n) is 8.61. The Bertz CT molecular complexity index is 498. The molecule has 2 N–H and O–H groups in total. The predicted molar refractivity (Wildman–Crippen MR) is 103 cm³/mol. The molecule has 1 aliphatic rings. The van der Waals surface area contributed by atoms with E-state index in [9.17, 15) is 0 Å². The van der Waals surface area contributed by atoms with Crippen LogP contribution in [0.3, 0.4) is 0 Å². The van der Waals surface area contributed by atoms with Gasteiger partial charge in [0.15, 0.2) is 5.96 Å². The first kappa shape index (κ1) is 18.1. The normalized spacial score (nSPS) is 18.6. The molecule has 1 aromatic carbocycles. The molecule has 0 radical (unpaired) electrons. The van der Waals surface area contributed by atoms with Crippen LogP contribution in [0, 0.1) is 11.8 Å². The van der Waals surface area contributed by atoms with Gasteiger partial charge in [-0.3, -0.25) is 4.99 Å². The first-order valence-corrected chi connectivity index (χ1v) is 9.40. The molecule has 0 spiro atoms. The van der Waals surface area contributed by atoms with E-state index in [1.165, 1.54) is 12.1 Å². The minimum absolute atomic E-state index is 0.588. The van der Waals surface area contributed by atoms with Gasteiger partial charge in [-0.15, -0.1) is 0 Å². The lowest BCUT2D eigenvalue weighted by atomic mass is 10.1. The van der Waals surface area contributed by atoms with E-state index in [2.05, 4.69) is 81.5 Å². The van der Waals surface area contributed by atoms with Gasteiger partial charge in [0.2, 0.25) is 0 Å². The van der Waals surface area contributed by atoms with Gasteiger partial charge in [-0.25, -0.2) is 0 Å². The summed E-state index contributed by atoms with van der Waals surface area (Å²) in [5.41, 5.74) is 1.32.